The van der Waals surface area contributed by atoms with Crippen LogP contribution in [-0.4, -0.2) is 34.0 Å². The van der Waals surface area contributed by atoms with Crippen LogP contribution in [0.5, 0.6) is 0 Å². The molecule has 0 amide bonds. The van der Waals surface area contributed by atoms with Crippen molar-refractivity contribution >= 4 is 23.6 Å². The minimum Gasteiger partial charge on any atom is -0.550 e. The highest BCUT2D eigenvalue weighted by atomic mass is 16.4. The van der Waals surface area contributed by atoms with Crippen molar-refractivity contribution in [2.75, 3.05) is 0 Å². The molecule has 0 saturated carbocycles. The second kappa shape index (κ2) is 11.6. The van der Waals surface area contributed by atoms with Gasteiger partial charge >= 0.3 is 0 Å². The lowest BCUT2D eigenvalue weighted by molar-refractivity contribution is -0.312. The van der Waals surface area contributed by atoms with E-state index in [9.17, 15) is 19.8 Å². The van der Waals surface area contributed by atoms with Gasteiger partial charge in [-0.2, -0.15) is 5.26 Å². The van der Waals surface area contributed by atoms with Crippen LogP contribution in [0.3, 0.4) is 0 Å². The van der Waals surface area contributed by atoms with Crippen molar-refractivity contribution in [1.82, 2.24) is 0 Å². The maximum absolute atomic E-state index is 11.6. The monoisotopic (exact) mass is 383 g/mol. The third-order valence-corrected chi connectivity index (χ3v) is 4.44. The van der Waals surface area contributed by atoms with E-state index in [1.807, 2.05) is 6.07 Å². The maximum atomic E-state index is 11.6. The van der Waals surface area contributed by atoms with Crippen LogP contribution in [0.15, 0.2) is 10.3 Å². The van der Waals surface area contributed by atoms with E-state index in [4.69, 9.17) is 27.1 Å². The van der Waals surface area contributed by atoms with Crippen LogP contribution in [0.2, 0.25) is 0 Å². The number of rotatable bonds is 12. The number of nitriles is 1. The Morgan fingerprint density at radius 1 is 0.926 bits per heavy atom. The molecule has 0 aliphatic carbocycles. The van der Waals surface area contributed by atoms with Gasteiger partial charge in [-0.3, -0.25) is 0 Å². The third-order valence-electron chi connectivity index (χ3n) is 4.44. The molecular formula is C16H25N5O6-2. The molecule has 5 unspecified atom stereocenters. The van der Waals surface area contributed by atoms with Crippen molar-refractivity contribution in [2.45, 2.75) is 39.5 Å². The van der Waals surface area contributed by atoms with Gasteiger partial charge in [0, 0.05) is 29.7 Å². The molecule has 0 bridgehead atoms. The molecule has 0 spiro atoms. The molecule has 0 aliphatic heterocycles. The van der Waals surface area contributed by atoms with E-state index in [0.29, 0.717) is 0 Å². The predicted octanol–water partition coefficient (Wildman–Crippen LogP) is -1.82. The van der Waals surface area contributed by atoms with Gasteiger partial charge in [-0.1, -0.05) is 17.2 Å². The lowest BCUT2D eigenvalue weighted by Gasteiger charge is -2.28. The second-order valence-electron chi connectivity index (χ2n) is 6.65. The van der Waals surface area contributed by atoms with Crippen molar-refractivity contribution in [3.63, 3.8) is 0 Å². The molecule has 6 N–H and O–H groups in total. The van der Waals surface area contributed by atoms with Crippen LogP contribution >= 0.6 is 0 Å². The van der Waals surface area contributed by atoms with Crippen molar-refractivity contribution < 1.29 is 30.2 Å². The van der Waals surface area contributed by atoms with Gasteiger partial charge in [0.1, 0.15) is 11.7 Å². The normalized spacial score (nSPS) is 18.0. The number of oxime groups is 2. The molecule has 0 rings (SSSR count). The summed E-state index contributed by atoms with van der Waals surface area (Å²) in [4.78, 5) is 22.5. The van der Waals surface area contributed by atoms with Gasteiger partial charge in [0.15, 0.2) is 0 Å². The van der Waals surface area contributed by atoms with E-state index in [-0.39, 0.29) is 37.4 Å². The Kier molecular flexibility index (Phi) is 10.3. The number of hydrogen-bond acceptors (Lipinski definition) is 9. The molecule has 0 radical (unpaired) electrons. The van der Waals surface area contributed by atoms with Crippen molar-refractivity contribution in [3.8, 4) is 6.07 Å². The maximum Gasteiger partial charge on any atom is 0.142 e. The van der Waals surface area contributed by atoms with Gasteiger partial charge in [-0.25, -0.2) is 0 Å². The van der Waals surface area contributed by atoms with Gasteiger partial charge < -0.3 is 41.7 Å². The Morgan fingerprint density at radius 3 is 1.70 bits per heavy atom. The first kappa shape index (κ1) is 24.0. The molecule has 0 fully saturated rings. The highest BCUT2D eigenvalue weighted by molar-refractivity contribution is 5.84. The van der Waals surface area contributed by atoms with E-state index < -0.39 is 41.5 Å². The number of nitrogens with two attached hydrogens (primary N) is 2. The smallest absolute Gasteiger partial charge is 0.142 e. The Labute approximate surface area is 156 Å². The van der Waals surface area contributed by atoms with Crippen molar-refractivity contribution in [2.24, 2.45) is 51.4 Å². The Bertz CT molecular complexity index is 615. The highest BCUT2D eigenvalue weighted by Crippen LogP contribution is 2.28. The van der Waals surface area contributed by atoms with Gasteiger partial charge in [-0.15, -0.1) is 0 Å². The second-order valence-corrected chi connectivity index (χ2v) is 6.65. The molecule has 27 heavy (non-hydrogen) atoms. The zero-order chi connectivity index (χ0) is 21.1. The zero-order valence-corrected chi connectivity index (χ0v) is 15.2. The third kappa shape index (κ3) is 8.26. The van der Waals surface area contributed by atoms with E-state index >= 15 is 0 Å². The average molecular weight is 383 g/mol. The lowest BCUT2D eigenvalue weighted by Crippen LogP contribution is -2.40. The van der Waals surface area contributed by atoms with Crippen molar-refractivity contribution in [1.29, 1.82) is 5.26 Å². The van der Waals surface area contributed by atoms with Crippen LogP contribution in [0, 0.1) is 40.9 Å². The first-order valence-electron chi connectivity index (χ1n) is 8.33. The summed E-state index contributed by atoms with van der Waals surface area (Å²) in [6, 6.07) is 1.98. The molecule has 152 valence electrons. The standard InChI is InChI=1S/C16H27N5O6/c1-8(7-17)3-10(13(18)20-26)5-12(16(24)25)6-11(14(19)21-27)4-9(2)15(22)23/h8-12,26-27H,3-6H2,1-2H3,(H2,18,20)(H2,19,21)(H,22,23)(H,24,25)/p-2. The van der Waals surface area contributed by atoms with Gasteiger partial charge in [0.05, 0.1) is 6.07 Å². The van der Waals surface area contributed by atoms with Gasteiger partial charge in [0.2, 0.25) is 0 Å². The van der Waals surface area contributed by atoms with Crippen LogP contribution in [0.1, 0.15) is 39.5 Å². The van der Waals surface area contributed by atoms with Gasteiger partial charge in [0.25, 0.3) is 0 Å². The summed E-state index contributed by atoms with van der Waals surface area (Å²) >= 11 is 0. The quantitative estimate of drug-likeness (QED) is 0.129. The van der Waals surface area contributed by atoms with Crippen LogP contribution in [0.25, 0.3) is 0 Å². The molecular weight excluding hydrogens is 358 g/mol. The number of carboxylic acid groups (broad SMARTS) is 2. The summed E-state index contributed by atoms with van der Waals surface area (Å²) in [5.74, 6) is -7.55. The molecule has 0 aliphatic rings. The summed E-state index contributed by atoms with van der Waals surface area (Å²) in [6.07, 6.45) is -0.268. The largest absolute Gasteiger partial charge is 0.550 e. The fourth-order valence-corrected chi connectivity index (χ4v) is 2.82. The Balaban J connectivity index is 5.49. The summed E-state index contributed by atoms with van der Waals surface area (Å²) < 4.78 is 0. The molecule has 0 saturated heterocycles. The number of aliphatic carboxylic acids is 2. The average Bonchev–Trinajstić information content (AvgIpc) is 2.63. The number of hydrogen-bond donors (Lipinski definition) is 4. The molecule has 0 aromatic carbocycles. The van der Waals surface area contributed by atoms with Gasteiger partial charge in [-0.05, 0) is 44.4 Å². The minimum absolute atomic E-state index is 0.106. The summed E-state index contributed by atoms with van der Waals surface area (Å²) in [5.41, 5.74) is 11.2. The van der Waals surface area contributed by atoms with Crippen LogP contribution in [-0.2, 0) is 9.59 Å². The SMILES string of the molecule is CC(C#N)CC(CC(CC(CC(C)C(=O)[O-])/C(N)=N/O)C(=O)[O-])/C(N)=N/O. The molecule has 5 atom stereocenters. The van der Waals surface area contributed by atoms with E-state index in [2.05, 4.69) is 10.3 Å². The molecule has 11 heteroatoms. The zero-order valence-electron chi connectivity index (χ0n) is 15.2. The number of carbonyl (C=O) groups is 2. The first-order chi connectivity index (χ1) is 12.6. The Hall–Kier alpha value is -3.03. The number of carboxylic acids is 2. The first-order valence-corrected chi connectivity index (χ1v) is 8.33. The predicted molar refractivity (Wildman–Crippen MR) is 89.7 cm³/mol. The molecule has 11 nitrogen and oxygen atoms in total. The summed E-state index contributed by atoms with van der Waals surface area (Å²) in [7, 11) is 0. The number of amidine groups is 2. The van der Waals surface area contributed by atoms with E-state index in [1.54, 1.807) is 6.92 Å². The van der Waals surface area contributed by atoms with Crippen LogP contribution in [0.4, 0.5) is 0 Å². The van der Waals surface area contributed by atoms with E-state index in [1.165, 1.54) is 6.92 Å². The Morgan fingerprint density at radius 2 is 1.37 bits per heavy atom. The highest BCUT2D eigenvalue weighted by Gasteiger charge is 2.28. The number of carbonyl (C=O) groups excluding carboxylic acids is 2. The number of nitrogens with zero attached hydrogens (tertiary/aromatic N) is 3. The molecule has 0 heterocycles. The minimum atomic E-state index is -1.45. The summed E-state index contributed by atoms with van der Waals surface area (Å²) in [5, 5.41) is 55.0. The van der Waals surface area contributed by atoms with Crippen molar-refractivity contribution in [3.05, 3.63) is 0 Å². The fraction of sp³-hybridized carbons (Fsp3) is 0.688. The lowest BCUT2D eigenvalue weighted by atomic mass is 9.80. The topological polar surface area (TPSA) is 221 Å². The molecule has 0 aromatic rings. The molecule has 0 aromatic heterocycles. The van der Waals surface area contributed by atoms with E-state index in [0.717, 1.165) is 0 Å². The fourth-order valence-electron chi connectivity index (χ4n) is 2.82. The van der Waals surface area contributed by atoms with Crippen LogP contribution < -0.4 is 21.7 Å². The summed E-state index contributed by atoms with van der Waals surface area (Å²) in [6.45, 7) is 2.96.